The number of aliphatic carboxylic acids is 4. The Bertz CT molecular complexity index is 255. The van der Waals surface area contributed by atoms with Crippen molar-refractivity contribution in [1.29, 1.82) is 0 Å². The molecule has 0 radical (unpaired) electrons. The van der Waals surface area contributed by atoms with Crippen molar-refractivity contribution in [2.45, 2.75) is 60.0 Å². The summed E-state index contributed by atoms with van der Waals surface area (Å²) in [4.78, 5) is 36.0. The van der Waals surface area contributed by atoms with Crippen LogP contribution in [0.2, 0.25) is 0 Å². The molecule has 0 aliphatic carbocycles. The van der Waals surface area contributed by atoms with Crippen LogP contribution in [-0.4, -0.2) is 56.4 Å². The third kappa shape index (κ3) is 434. The van der Waals surface area contributed by atoms with Crippen molar-refractivity contribution in [1.82, 2.24) is 0 Å². The lowest BCUT2D eigenvalue weighted by molar-refractivity contribution is -0.135. The third-order valence-electron chi connectivity index (χ3n) is 1.15. The van der Waals surface area contributed by atoms with Gasteiger partial charge in [0.05, 0.1) is 0 Å². The van der Waals surface area contributed by atoms with Gasteiger partial charge in [0, 0.05) is 39.8 Å². The number of carbonyl (C=O) groups is 4. The molecule has 0 aliphatic heterocycles. The van der Waals surface area contributed by atoms with E-state index in [4.69, 9.17) is 51.1 Å². The molecule has 0 saturated carbocycles. The number of nitrogens with two attached hydrogens (primary N) is 2. The first-order valence-corrected chi connectivity index (χ1v) is 6.40. The molecule has 140 valence electrons. The van der Waals surface area contributed by atoms with Gasteiger partial charge in [-0.1, -0.05) is 6.92 Å². The van der Waals surface area contributed by atoms with Crippen LogP contribution in [0.15, 0.2) is 0 Å². The second-order valence-corrected chi connectivity index (χ2v) is 4.01. The Hall–Kier alpha value is -2.20. The van der Waals surface area contributed by atoms with Gasteiger partial charge in [0.25, 0.3) is 23.9 Å². The van der Waals surface area contributed by atoms with Gasteiger partial charge >= 0.3 is 0 Å². The minimum absolute atomic E-state index is 0.144. The molecule has 0 aromatic carbocycles. The molecular weight excluding hydrogens is 312 g/mol. The first-order chi connectivity index (χ1) is 10.1. The molecular formula is C13H30N2O8. The average Bonchev–Trinajstić information content (AvgIpc) is 2.24. The number of carboxylic acids is 4. The Morgan fingerprint density at radius 3 is 0.870 bits per heavy atom. The molecule has 2 atom stereocenters. The molecule has 0 fully saturated rings. The summed E-state index contributed by atoms with van der Waals surface area (Å²) in [5, 5.41) is 29.7. The number of rotatable bonds is 2. The summed E-state index contributed by atoms with van der Waals surface area (Å²) in [5.74, 6) is -3.33. The van der Waals surface area contributed by atoms with Crippen molar-refractivity contribution in [3.05, 3.63) is 0 Å². The zero-order chi connectivity index (χ0) is 20.2. The van der Waals surface area contributed by atoms with Crippen LogP contribution in [-0.2, 0) is 19.2 Å². The molecule has 0 aliphatic rings. The van der Waals surface area contributed by atoms with Crippen LogP contribution < -0.4 is 11.5 Å². The van der Waals surface area contributed by atoms with Gasteiger partial charge in [0.2, 0.25) is 0 Å². The normalized spacial score (nSPS) is 10.1. The smallest absolute Gasteiger partial charge is 0.300 e. The van der Waals surface area contributed by atoms with Gasteiger partial charge in [0.1, 0.15) is 0 Å². The summed E-state index contributed by atoms with van der Waals surface area (Å²) in [7, 11) is 0. The van der Waals surface area contributed by atoms with Gasteiger partial charge in [-0.25, -0.2) is 0 Å². The first kappa shape index (κ1) is 32.7. The van der Waals surface area contributed by atoms with Crippen molar-refractivity contribution in [2.24, 2.45) is 11.5 Å². The van der Waals surface area contributed by atoms with Crippen molar-refractivity contribution in [2.75, 3.05) is 0 Å². The SMILES string of the molecule is CC(=O)O.CC(=O)O.CC(=O)O.CC(=O)O.CCC(N)C(C)N. The van der Waals surface area contributed by atoms with Crippen molar-refractivity contribution in [3.8, 4) is 0 Å². The summed E-state index contributed by atoms with van der Waals surface area (Å²) >= 11 is 0. The minimum atomic E-state index is -0.833. The van der Waals surface area contributed by atoms with Gasteiger partial charge in [-0.15, -0.1) is 0 Å². The summed E-state index contributed by atoms with van der Waals surface area (Å²) in [6, 6.07) is 0.324. The molecule has 23 heavy (non-hydrogen) atoms. The van der Waals surface area contributed by atoms with Crippen LogP contribution in [0.3, 0.4) is 0 Å². The van der Waals surface area contributed by atoms with E-state index in [9.17, 15) is 0 Å². The lowest BCUT2D eigenvalue weighted by Crippen LogP contribution is -2.38. The molecule has 8 N–H and O–H groups in total. The van der Waals surface area contributed by atoms with E-state index >= 15 is 0 Å². The Morgan fingerprint density at radius 1 is 0.739 bits per heavy atom. The zero-order valence-electron chi connectivity index (χ0n) is 14.4. The molecule has 0 bridgehead atoms. The van der Waals surface area contributed by atoms with Gasteiger partial charge in [-0.05, 0) is 13.3 Å². The van der Waals surface area contributed by atoms with Crippen LogP contribution in [0.4, 0.5) is 0 Å². The Kier molecular flexibility index (Phi) is 35.2. The monoisotopic (exact) mass is 342 g/mol. The van der Waals surface area contributed by atoms with Crippen LogP contribution in [0, 0.1) is 0 Å². The predicted molar refractivity (Wildman–Crippen MR) is 85.2 cm³/mol. The Labute approximate surface area is 136 Å². The van der Waals surface area contributed by atoms with Crippen LogP contribution in [0.25, 0.3) is 0 Å². The summed E-state index contributed by atoms with van der Waals surface area (Å²) in [5.41, 5.74) is 10.9. The molecule has 0 rings (SSSR count). The van der Waals surface area contributed by atoms with E-state index < -0.39 is 23.9 Å². The van der Waals surface area contributed by atoms with E-state index in [1.165, 1.54) is 0 Å². The molecule has 10 nitrogen and oxygen atoms in total. The Balaban J connectivity index is -0.0000000604. The highest BCUT2D eigenvalue weighted by Crippen LogP contribution is 1.88. The molecule has 0 aromatic rings. The molecule has 2 unspecified atom stereocenters. The van der Waals surface area contributed by atoms with E-state index in [0.717, 1.165) is 34.1 Å². The highest BCUT2D eigenvalue weighted by atomic mass is 16.4. The summed E-state index contributed by atoms with van der Waals surface area (Å²) in [6.07, 6.45) is 0.970. The minimum Gasteiger partial charge on any atom is -0.481 e. The van der Waals surface area contributed by atoms with E-state index in [0.29, 0.717) is 0 Å². The summed E-state index contributed by atoms with van der Waals surface area (Å²) < 4.78 is 0. The molecule has 0 heterocycles. The average molecular weight is 342 g/mol. The number of hydrogen-bond acceptors (Lipinski definition) is 6. The standard InChI is InChI=1S/C5H14N2.4C2H4O2/c1-3-5(7)4(2)6;4*1-2(3)4/h4-5H,3,6-7H2,1-2H3;4*1H3,(H,3,4). The maximum absolute atomic E-state index is 9.00. The highest BCUT2D eigenvalue weighted by molar-refractivity contribution is 5.63. The van der Waals surface area contributed by atoms with Gasteiger partial charge in [-0.2, -0.15) is 0 Å². The topological polar surface area (TPSA) is 201 Å². The lowest BCUT2D eigenvalue weighted by Gasteiger charge is -2.11. The van der Waals surface area contributed by atoms with Crippen molar-refractivity contribution in [3.63, 3.8) is 0 Å². The van der Waals surface area contributed by atoms with Crippen LogP contribution in [0.1, 0.15) is 48.0 Å². The first-order valence-electron chi connectivity index (χ1n) is 6.40. The van der Waals surface area contributed by atoms with Crippen LogP contribution in [0.5, 0.6) is 0 Å². The predicted octanol–water partition coefficient (Wildman–Crippen LogP) is 0.435. The number of hydrogen-bond donors (Lipinski definition) is 6. The van der Waals surface area contributed by atoms with E-state index in [1.54, 1.807) is 0 Å². The maximum Gasteiger partial charge on any atom is 0.300 e. The molecule has 0 aromatic heterocycles. The van der Waals surface area contributed by atoms with Crippen LogP contribution >= 0.6 is 0 Å². The van der Waals surface area contributed by atoms with E-state index in [2.05, 4.69) is 0 Å². The zero-order valence-corrected chi connectivity index (χ0v) is 14.4. The van der Waals surface area contributed by atoms with Crippen molar-refractivity contribution >= 4 is 23.9 Å². The molecule has 10 heteroatoms. The molecule has 0 spiro atoms. The molecule has 0 saturated heterocycles. The maximum atomic E-state index is 9.00. The Morgan fingerprint density at radius 2 is 0.870 bits per heavy atom. The largest absolute Gasteiger partial charge is 0.481 e. The summed E-state index contributed by atoms with van der Waals surface area (Å²) in [6.45, 7) is 8.29. The third-order valence-corrected chi connectivity index (χ3v) is 1.15. The second kappa shape index (κ2) is 24.8. The van der Waals surface area contributed by atoms with Crippen molar-refractivity contribution < 1.29 is 39.6 Å². The molecule has 0 amide bonds. The fourth-order valence-electron chi connectivity index (χ4n) is 0.372. The lowest BCUT2D eigenvalue weighted by atomic mass is 10.1. The highest BCUT2D eigenvalue weighted by Gasteiger charge is 2.01. The van der Waals surface area contributed by atoms with Gasteiger partial charge < -0.3 is 31.9 Å². The van der Waals surface area contributed by atoms with Gasteiger partial charge in [-0.3, -0.25) is 19.2 Å². The fraction of sp³-hybridized carbons (Fsp3) is 0.692. The number of carboxylic acid groups (broad SMARTS) is 4. The quantitative estimate of drug-likeness (QED) is 0.408. The van der Waals surface area contributed by atoms with Gasteiger partial charge in [0.15, 0.2) is 0 Å². The second-order valence-electron chi connectivity index (χ2n) is 4.01. The fourth-order valence-corrected chi connectivity index (χ4v) is 0.372. The van der Waals surface area contributed by atoms with E-state index in [1.807, 2.05) is 13.8 Å². The van der Waals surface area contributed by atoms with E-state index in [-0.39, 0.29) is 12.1 Å².